The summed E-state index contributed by atoms with van der Waals surface area (Å²) in [5, 5.41) is 19.2. The number of allylic oxidation sites excluding steroid dienone is 6. The average Bonchev–Trinajstić information content (AvgIpc) is 2.67. The quantitative estimate of drug-likeness (QED) is 0.144. The van der Waals surface area contributed by atoms with Gasteiger partial charge in [-0.25, -0.2) is 9.59 Å². The van der Waals surface area contributed by atoms with E-state index >= 15 is 0 Å². The highest BCUT2D eigenvalue weighted by atomic mass is 16.6. The lowest BCUT2D eigenvalue weighted by Crippen LogP contribution is -2.45. The van der Waals surface area contributed by atoms with Gasteiger partial charge in [-0.3, -0.25) is 0 Å². The van der Waals surface area contributed by atoms with E-state index in [9.17, 15) is 19.8 Å². The van der Waals surface area contributed by atoms with Crippen molar-refractivity contribution in [1.29, 1.82) is 0 Å². The van der Waals surface area contributed by atoms with Crippen molar-refractivity contribution in [2.24, 2.45) is 0 Å². The summed E-state index contributed by atoms with van der Waals surface area (Å²) in [6.45, 7) is 6.93. The minimum atomic E-state index is -1.70. The number of esters is 1. The van der Waals surface area contributed by atoms with Crippen molar-refractivity contribution >= 4 is 11.9 Å². The average molecular weight is 407 g/mol. The van der Waals surface area contributed by atoms with E-state index in [1.54, 1.807) is 0 Å². The molecule has 0 saturated carbocycles. The van der Waals surface area contributed by atoms with Crippen LogP contribution in [0.3, 0.4) is 0 Å². The molecule has 5 nitrogen and oxygen atoms in total. The van der Waals surface area contributed by atoms with Crippen LogP contribution in [0.15, 0.2) is 49.1 Å². The zero-order valence-corrected chi connectivity index (χ0v) is 18.0. The molecule has 0 aliphatic carbocycles. The zero-order chi connectivity index (χ0) is 22.0. The molecule has 0 rings (SSSR count). The van der Waals surface area contributed by atoms with Crippen molar-refractivity contribution in [2.45, 2.75) is 89.8 Å². The fourth-order valence-electron chi connectivity index (χ4n) is 3.00. The molecule has 2 atom stereocenters. The molecule has 2 unspecified atom stereocenters. The summed E-state index contributed by atoms with van der Waals surface area (Å²) < 4.78 is 5.13. The van der Waals surface area contributed by atoms with Crippen molar-refractivity contribution in [1.82, 2.24) is 0 Å². The number of ether oxygens (including phenoxy) is 1. The molecule has 164 valence electrons. The first-order valence-corrected chi connectivity index (χ1v) is 10.6. The minimum absolute atomic E-state index is 0.133. The van der Waals surface area contributed by atoms with Crippen LogP contribution < -0.4 is 0 Å². The van der Waals surface area contributed by atoms with Crippen LogP contribution in [0.1, 0.15) is 78.1 Å². The molecule has 2 N–H and O–H groups in total. The lowest BCUT2D eigenvalue weighted by Gasteiger charge is -2.30. The Bertz CT molecular complexity index is 560. The molecule has 0 aliphatic heterocycles. The van der Waals surface area contributed by atoms with Crippen LogP contribution in [-0.4, -0.2) is 33.9 Å². The number of rotatable bonds is 17. The van der Waals surface area contributed by atoms with Gasteiger partial charge in [-0.15, -0.1) is 0 Å². The van der Waals surface area contributed by atoms with E-state index in [-0.39, 0.29) is 12.8 Å². The van der Waals surface area contributed by atoms with Crippen molar-refractivity contribution in [3.05, 3.63) is 49.1 Å². The van der Waals surface area contributed by atoms with E-state index in [1.807, 2.05) is 0 Å². The SMILES string of the molecule is C=CC(=O)OC(CCCCCC/C=C\C/C=C\C/C=C\CC)(CC(C)O)C(=O)O. The van der Waals surface area contributed by atoms with Crippen molar-refractivity contribution in [3.63, 3.8) is 0 Å². The third-order valence-corrected chi connectivity index (χ3v) is 4.46. The molecule has 29 heavy (non-hydrogen) atoms. The summed E-state index contributed by atoms with van der Waals surface area (Å²) in [7, 11) is 0. The van der Waals surface area contributed by atoms with Crippen LogP contribution in [0, 0.1) is 0 Å². The number of carboxylic acid groups (broad SMARTS) is 1. The Balaban J connectivity index is 4.18. The van der Waals surface area contributed by atoms with E-state index in [1.165, 1.54) is 6.92 Å². The maximum Gasteiger partial charge on any atom is 0.348 e. The Labute approximate surface area is 175 Å². The van der Waals surface area contributed by atoms with Gasteiger partial charge >= 0.3 is 11.9 Å². The van der Waals surface area contributed by atoms with Crippen LogP contribution in [-0.2, 0) is 14.3 Å². The van der Waals surface area contributed by atoms with E-state index in [4.69, 9.17) is 4.74 Å². The maximum absolute atomic E-state index is 11.7. The van der Waals surface area contributed by atoms with Gasteiger partial charge in [-0.1, -0.05) is 62.8 Å². The molecule has 0 heterocycles. The highest BCUT2D eigenvalue weighted by Crippen LogP contribution is 2.27. The highest BCUT2D eigenvalue weighted by molar-refractivity contribution is 5.86. The summed E-state index contributed by atoms with van der Waals surface area (Å²) in [6, 6.07) is 0. The molecule has 0 aromatic heterocycles. The molecule has 0 aromatic carbocycles. The number of unbranched alkanes of at least 4 members (excludes halogenated alkanes) is 4. The van der Waals surface area contributed by atoms with Crippen LogP contribution in [0.2, 0.25) is 0 Å². The number of hydrogen-bond donors (Lipinski definition) is 2. The largest absolute Gasteiger partial charge is 0.478 e. The number of carbonyl (C=O) groups excluding carboxylic acids is 1. The summed E-state index contributed by atoms with van der Waals surface area (Å²) in [4.78, 5) is 23.3. The Kier molecular flexibility index (Phi) is 15.5. The standard InChI is InChI=1S/C24H38O5/c1-4-6-7-8-9-10-11-12-13-14-15-16-17-18-19-24(23(27)28,20-21(3)25)29-22(26)5-2/h5-7,9-10,12-13,21,25H,2,4,8,11,14-20H2,1,3H3,(H,27,28)/b7-6-,10-9-,13-12-. The number of aliphatic hydroxyl groups excluding tert-OH is 1. The number of aliphatic hydroxyl groups is 1. The van der Waals surface area contributed by atoms with Crippen LogP contribution in [0.4, 0.5) is 0 Å². The van der Waals surface area contributed by atoms with E-state index in [2.05, 4.69) is 50.0 Å². The monoisotopic (exact) mass is 406 g/mol. The van der Waals surface area contributed by atoms with Crippen LogP contribution >= 0.6 is 0 Å². The normalized spacial score (nSPS) is 15.0. The van der Waals surface area contributed by atoms with Crippen LogP contribution in [0.5, 0.6) is 0 Å². The van der Waals surface area contributed by atoms with Gasteiger partial charge in [-0.05, 0) is 51.9 Å². The molecule has 0 aliphatic rings. The first-order valence-electron chi connectivity index (χ1n) is 10.6. The molecule has 0 spiro atoms. The van der Waals surface area contributed by atoms with Gasteiger partial charge in [0, 0.05) is 12.5 Å². The minimum Gasteiger partial charge on any atom is -0.478 e. The van der Waals surface area contributed by atoms with Gasteiger partial charge in [0.25, 0.3) is 0 Å². The van der Waals surface area contributed by atoms with E-state index < -0.39 is 23.6 Å². The molecule has 0 bridgehead atoms. The Morgan fingerprint density at radius 2 is 1.59 bits per heavy atom. The smallest absolute Gasteiger partial charge is 0.348 e. The van der Waals surface area contributed by atoms with Crippen molar-refractivity contribution in [3.8, 4) is 0 Å². The topological polar surface area (TPSA) is 83.8 Å². The maximum atomic E-state index is 11.7. The zero-order valence-electron chi connectivity index (χ0n) is 18.0. The van der Waals surface area contributed by atoms with Gasteiger partial charge in [0.15, 0.2) is 0 Å². The Hall–Kier alpha value is -2.14. The summed E-state index contributed by atoms with van der Waals surface area (Å²) in [6.07, 6.45) is 20.5. The van der Waals surface area contributed by atoms with Crippen LogP contribution in [0.25, 0.3) is 0 Å². The number of carbonyl (C=O) groups is 2. The summed E-state index contributed by atoms with van der Waals surface area (Å²) in [5.74, 6) is -2.01. The Morgan fingerprint density at radius 3 is 2.14 bits per heavy atom. The van der Waals surface area contributed by atoms with Gasteiger partial charge in [0.05, 0.1) is 6.10 Å². The molecule has 5 heteroatoms. The number of carboxylic acids is 1. The predicted octanol–water partition coefficient (Wildman–Crippen LogP) is 5.51. The first-order chi connectivity index (χ1) is 13.9. The lowest BCUT2D eigenvalue weighted by atomic mass is 9.89. The fourth-order valence-corrected chi connectivity index (χ4v) is 3.00. The van der Waals surface area contributed by atoms with Gasteiger partial charge in [0.2, 0.25) is 5.60 Å². The third-order valence-electron chi connectivity index (χ3n) is 4.46. The second-order valence-corrected chi connectivity index (χ2v) is 7.22. The molecule has 0 saturated heterocycles. The second-order valence-electron chi connectivity index (χ2n) is 7.22. The second kappa shape index (κ2) is 16.8. The van der Waals surface area contributed by atoms with Gasteiger partial charge < -0.3 is 14.9 Å². The lowest BCUT2D eigenvalue weighted by molar-refractivity contribution is -0.180. The highest BCUT2D eigenvalue weighted by Gasteiger charge is 2.42. The third kappa shape index (κ3) is 13.6. The predicted molar refractivity (Wildman–Crippen MR) is 118 cm³/mol. The molecular formula is C24H38O5. The summed E-state index contributed by atoms with van der Waals surface area (Å²) in [5.41, 5.74) is -1.70. The van der Waals surface area contributed by atoms with Crippen molar-refractivity contribution < 1.29 is 24.5 Å². The van der Waals surface area contributed by atoms with Crippen molar-refractivity contribution in [2.75, 3.05) is 0 Å². The van der Waals surface area contributed by atoms with Gasteiger partial charge in [-0.2, -0.15) is 0 Å². The van der Waals surface area contributed by atoms with E-state index in [0.717, 1.165) is 51.0 Å². The molecule has 0 fully saturated rings. The molecule has 0 radical (unpaired) electrons. The molecule has 0 aromatic rings. The number of aliphatic carboxylic acids is 1. The summed E-state index contributed by atoms with van der Waals surface area (Å²) >= 11 is 0. The first kappa shape index (κ1) is 26.9. The molecule has 0 amide bonds. The molecular weight excluding hydrogens is 368 g/mol. The Morgan fingerprint density at radius 1 is 1.00 bits per heavy atom. The number of hydrogen-bond acceptors (Lipinski definition) is 4. The van der Waals surface area contributed by atoms with E-state index in [0.29, 0.717) is 6.42 Å². The van der Waals surface area contributed by atoms with Gasteiger partial charge in [0.1, 0.15) is 0 Å². The fraction of sp³-hybridized carbons (Fsp3) is 0.583.